The summed E-state index contributed by atoms with van der Waals surface area (Å²) in [6, 6.07) is 0.142. The van der Waals surface area contributed by atoms with Crippen molar-refractivity contribution in [2.24, 2.45) is 12.0 Å². The van der Waals surface area contributed by atoms with Gasteiger partial charge in [0.25, 0.3) is 0 Å². The lowest BCUT2D eigenvalue weighted by atomic mass is 10.1. The summed E-state index contributed by atoms with van der Waals surface area (Å²) in [7, 11) is -1.31. The third-order valence-corrected chi connectivity index (χ3v) is 6.62. The Bertz CT molecular complexity index is 722. The Hall–Kier alpha value is -1.61. The molecule has 8 nitrogen and oxygen atoms in total. The first-order valence-electron chi connectivity index (χ1n) is 9.67. The number of nitrogens with one attached hydrogen (secondary N) is 2. The van der Waals surface area contributed by atoms with E-state index in [4.69, 9.17) is 0 Å². The molecule has 1 aromatic heterocycles. The molecule has 2 N–H and O–H groups in total. The fourth-order valence-corrected chi connectivity index (χ4v) is 4.41. The first kappa shape index (κ1) is 23.4. The van der Waals surface area contributed by atoms with Crippen LogP contribution in [0, 0.1) is 13.8 Å². The number of hydrogen-bond donors (Lipinski definition) is 2. The van der Waals surface area contributed by atoms with Crippen molar-refractivity contribution in [3.05, 3.63) is 17.0 Å². The van der Waals surface area contributed by atoms with E-state index in [-0.39, 0.29) is 18.3 Å². The minimum atomic E-state index is -3.26. The number of rotatable bonds is 10. The van der Waals surface area contributed by atoms with Crippen LogP contribution in [-0.2, 0) is 23.5 Å². The van der Waals surface area contributed by atoms with Crippen molar-refractivity contribution in [3.63, 3.8) is 0 Å². The quantitative estimate of drug-likeness (QED) is 0.455. The van der Waals surface area contributed by atoms with Gasteiger partial charge in [-0.1, -0.05) is 13.8 Å². The molecule has 9 heteroatoms. The summed E-state index contributed by atoms with van der Waals surface area (Å²) < 4.78 is 27.9. The molecule has 0 aliphatic rings. The van der Waals surface area contributed by atoms with Gasteiger partial charge in [-0.3, -0.25) is 9.67 Å². The molecule has 156 valence electrons. The molecule has 1 atom stereocenters. The minimum Gasteiger partial charge on any atom is -0.357 e. The summed E-state index contributed by atoms with van der Waals surface area (Å²) in [4.78, 5) is 4.45. The highest BCUT2D eigenvalue weighted by Gasteiger charge is 2.18. The molecule has 0 spiro atoms. The molecule has 0 radical (unpaired) electrons. The molecule has 1 rings (SSSR count). The van der Waals surface area contributed by atoms with E-state index in [1.807, 2.05) is 39.4 Å². The van der Waals surface area contributed by atoms with E-state index in [0.29, 0.717) is 25.6 Å². The first-order chi connectivity index (χ1) is 12.7. The number of hydrogen-bond acceptors (Lipinski definition) is 4. The van der Waals surface area contributed by atoms with Gasteiger partial charge < -0.3 is 10.6 Å². The van der Waals surface area contributed by atoms with E-state index in [1.165, 1.54) is 9.87 Å². The zero-order valence-electron chi connectivity index (χ0n) is 17.8. The van der Waals surface area contributed by atoms with Gasteiger partial charge in [0.05, 0.1) is 18.0 Å². The van der Waals surface area contributed by atoms with E-state index >= 15 is 0 Å². The monoisotopic (exact) mass is 400 g/mol. The summed E-state index contributed by atoms with van der Waals surface area (Å²) >= 11 is 0. The Morgan fingerprint density at radius 1 is 1.26 bits per heavy atom. The van der Waals surface area contributed by atoms with Gasteiger partial charge in [0.1, 0.15) is 0 Å². The highest BCUT2D eigenvalue weighted by Crippen LogP contribution is 2.14. The molecule has 1 heterocycles. The third-order valence-electron chi connectivity index (χ3n) is 4.61. The Kier molecular flexibility index (Phi) is 9.25. The smallest absolute Gasteiger partial charge is 0.215 e. The number of aryl methyl sites for hydroxylation is 2. The zero-order chi connectivity index (χ0) is 20.6. The second-order valence-electron chi connectivity index (χ2n) is 6.68. The molecular formula is C18H36N6O2S. The number of guanidine groups is 1. The van der Waals surface area contributed by atoms with Gasteiger partial charge in [-0.15, -0.1) is 0 Å². The molecule has 0 bridgehead atoms. The predicted octanol–water partition coefficient (Wildman–Crippen LogP) is 1.19. The normalized spacial score (nSPS) is 13.9. The van der Waals surface area contributed by atoms with Gasteiger partial charge in [-0.25, -0.2) is 12.7 Å². The molecule has 0 saturated heterocycles. The van der Waals surface area contributed by atoms with Crippen molar-refractivity contribution in [2.75, 3.05) is 31.9 Å². The summed E-state index contributed by atoms with van der Waals surface area (Å²) in [6.45, 7) is 13.8. The minimum absolute atomic E-state index is 0.0143. The van der Waals surface area contributed by atoms with Crippen molar-refractivity contribution in [1.82, 2.24) is 24.7 Å². The van der Waals surface area contributed by atoms with E-state index in [2.05, 4.69) is 34.6 Å². The molecular weight excluding hydrogens is 364 g/mol. The van der Waals surface area contributed by atoms with E-state index in [0.717, 1.165) is 17.8 Å². The summed E-state index contributed by atoms with van der Waals surface area (Å²) in [6.07, 6.45) is 0.827. The zero-order valence-corrected chi connectivity index (χ0v) is 18.7. The second kappa shape index (κ2) is 10.7. The van der Waals surface area contributed by atoms with Gasteiger partial charge in [-0.2, -0.15) is 5.10 Å². The lowest BCUT2D eigenvalue weighted by molar-refractivity contribution is 0.445. The SMILES string of the molecule is CCNC(=NCCS(=O)(=O)N(CC)CC)NC(C)Cc1c(C)nn(C)c1C. The Labute approximate surface area is 164 Å². The molecule has 0 fully saturated rings. The molecule has 0 aromatic carbocycles. The van der Waals surface area contributed by atoms with Crippen LogP contribution >= 0.6 is 0 Å². The number of aromatic nitrogens is 2. The second-order valence-corrected chi connectivity index (χ2v) is 8.77. The average molecular weight is 401 g/mol. The first-order valence-corrected chi connectivity index (χ1v) is 11.3. The molecule has 1 unspecified atom stereocenters. The van der Waals surface area contributed by atoms with Crippen LogP contribution in [0.4, 0.5) is 0 Å². The fraction of sp³-hybridized carbons (Fsp3) is 0.778. The standard InChI is InChI=1S/C18H36N6O2S/c1-8-19-18(20-11-12-27(25,26)24(9-2)10-3)21-14(4)13-17-15(5)22-23(7)16(17)6/h14H,8-13H2,1-7H3,(H2,19,20,21). The fourth-order valence-electron chi connectivity index (χ4n) is 3.04. The van der Waals surface area contributed by atoms with Crippen molar-refractivity contribution < 1.29 is 8.42 Å². The van der Waals surface area contributed by atoms with Crippen LogP contribution < -0.4 is 10.6 Å². The van der Waals surface area contributed by atoms with Crippen LogP contribution in [-0.4, -0.2) is 66.4 Å². The number of sulfonamides is 1. The van der Waals surface area contributed by atoms with Crippen molar-refractivity contribution in [1.29, 1.82) is 0 Å². The maximum Gasteiger partial charge on any atom is 0.215 e. The van der Waals surface area contributed by atoms with Crippen molar-refractivity contribution in [3.8, 4) is 0 Å². The van der Waals surface area contributed by atoms with E-state index in [1.54, 1.807) is 0 Å². The summed E-state index contributed by atoms with van der Waals surface area (Å²) in [5.41, 5.74) is 3.43. The lowest BCUT2D eigenvalue weighted by Gasteiger charge is -2.19. The van der Waals surface area contributed by atoms with Crippen LogP contribution in [0.15, 0.2) is 4.99 Å². The van der Waals surface area contributed by atoms with Crippen LogP contribution in [0.3, 0.4) is 0 Å². The molecule has 0 aliphatic carbocycles. The van der Waals surface area contributed by atoms with Crippen molar-refractivity contribution >= 4 is 16.0 Å². The summed E-state index contributed by atoms with van der Waals surface area (Å²) in [5.74, 6) is 0.652. The van der Waals surface area contributed by atoms with Crippen molar-refractivity contribution in [2.45, 2.75) is 54.0 Å². The maximum absolute atomic E-state index is 12.3. The van der Waals surface area contributed by atoms with Crippen LogP contribution in [0.1, 0.15) is 44.6 Å². The van der Waals surface area contributed by atoms with Gasteiger partial charge >= 0.3 is 0 Å². The molecule has 27 heavy (non-hydrogen) atoms. The Morgan fingerprint density at radius 2 is 1.89 bits per heavy atom. The number of aliphatic imine (C=N–C) groups is 1. The average Bonchev–Trinajstić information content (AvgIpc) is 2.82. The molecule has 1 aromatic rings. The highest BCUT2D eigenvalue weighted by atomic mass is 32.2. The van der Waals surface area contributed by atoms with Gasteiger partial charge in [0, 0.05) is 38.4 Å². The maximum atomic E-state index is 12.3. The largest absolute Gasteiger partial charge is 0.357 e. The van der Waals surface area contributed by atoms with Crippen LogP contribution in [0.25, 0.3) is 0 Å². The Balaban J connectivity index is 2.73. The Morgan fingerprint density at radius 3 is 2.37 bits per heavy atom. The molecule has 0 amide bonds. The van der Waals surface area contributed by atoms with Gasteiger partial charge in [-0.05, 0) is 39.7 Å². The predicted molar refractivity (Wildman–Crippen MR) is 112 cm³/mol. The van der Waals surface area contributed by atoms with Crippen LogP contribution in [0.2, 0.25) is 0 Å². The summed E-state index contributed by atoms with van der Waals surface area (Å²) in [5, 5.41) is 11.0. The van der Waals surface area contributed by atoms with E-state index in [9.17, 15) is 8.42 Å². The lowest BCUT2D eigenvalue weighted by Crippen LogP contribution is -2.43. The topological polar surface area (TPSA) is 91.6 Å². The third kappa shape index (κ3) is 6.80. The highest BCUT2D eigenvalue weighted by molar-refractivity contribution is 7.89. The van der Waals surface area contributed by atoms with Crippen LogP contribution in [0.5, 0.6) is 0 Å². The van der Waals surface area contributed by atoms with Gasteiger partial charge in [0.2, 0.25) is 10.0 Å². The van der Waals surface area contributed by atoms with Gasteiger partial charge in [0.15, 0.2) is 5.96 Å². The number of nitrogens with zero attached hydrogens (tertiary/aromatic N) is 4. The molecule has 0 saturated carbocycles. The van der Waals surface area contributed by atoms with E-state index < -0.39 is 10.0 Å². The molecule has 0 aliphatic heterocycles.